The van der Waals surface area contributed by atoms with E-state index in [0.29, 0.717) is 5.16 Å². The van der Waals surface area contributed by atoms with E-state index < -0.39 is 10.0 Å². The maximum atomic E-state index is 12.4. The van der Waals surface area contributed by atoms with E-state index in [9.17, 15) is 8.42 Å². The molecule has 0 bridgehead atoms. The van der Waals surface area contributed by atoms with Gasteiger partial charge in [0.15, 0.2) is 5.16 Å². The predicted octanol–water partition coefficient (Wildman–Crippen LogP) is 2.62. The van der Waals surface area contributed by atoms with Gasteiger partial charge in [0, 0.05) is 6.54 Å². The fourth-order valence-electron chi connectivity index (χ4n) is 2.15. The number of aromatic amines is 1. The second-order valence-corrected chi connectivity index (χ2v) is 7.93. The summed E-state index contributed by atoms with van der Waals surface area (Å²) in [5.41, 5.74) is 1.01. The predicted molar refractivity (Wildman–Crippen MR) is 93.1 cm³/mol. The Morgan fingerprint density at radius 3 is 2.33 bits per heavy atom. The van der Waals surface area contributed by atoms with Crippen molar-refractivity contribution in [3.63, 3.8) is 0 Å². The molecule has 0 amide bonds. The number of aromatic nitrogens is 3. The van der Waals surface area contributed by atoms with Crippen LogP contribution >= 0.6 is 11.8 Å². The van der Waals surface area contributed by atoms with Crippen LogP contribution in [0.25, 0.3) is 0 Å². The Morgan fingerprint density at radius 1 is 1.04 bits per heavy atom. The van der Waals surface area contributed by atoms with E-state index in [2.05, 4.69) is 19.9 Å². The van der Waals surface area contributed by atoms with Crippen LogP contribution in [0.15, 0.2) is 77.0 Å². The Hall–Kier alpha value is -2.16. The maximum Gasteiger partial charge on any atom is 0.240 e. The number of nitrogens with one attached hydrogen (secondary N) is 2. The number of thioether (sulfide) groups is 1. The van der Waals surface area contributed by atoms with Crippen LogP contribution in [0.1, 0.15) is 10.8 Å². The van der Waals surface area contributed by atoms with Crippen molar-refractivity contribution in [2.45, 2.75) is 15.3 Å². The minimum atomic E-state index is -3.55. The monoisotopic (exact) mass is 360 g/mol. The highest BCUT2D eigenvalue weighted by Crippen LogP contribution is 2.32. The Balaban J connectivity index is 1.77. The van der Waals surface area contributed by atoms with Crippen LogP contribution in [0, 0.1) is 0 Å². The fraction of sp³-hybridized carbons (Fsp3) is 0.125. The van der Waals surface area contributed by atoms with Gasteiger partial charge in [-0.1, -0.05) is 60.3 Å². The summed E-state index contributed by atoms with van der Waals surface area (Å²) >= 11 is 1.43. The van der Waals surface area contributed by atoms with Crippen LogP contribution < -0.4 is 4.72 Å². The molecule has 0 fully saturated rings. The minimum absolute atomic E-state index is 0.127. The first kappa shape index (κ1) is 16.7. The highest BCUT2D eigenvalue weighted by atomic mass is 32.2. The summed E-state index contributed by atoms with van der Waals surface area (Å²) in [5.74, 6) is 0. The smallest absolute Gasteiger partial charge is 0.240 e. The number of hydrogen-bond acceptors (Lipinski definition) is 5. The summed E-state index contributed by atoms with van der Waals surface area (Å²) in [4.78, 5) is 4.35. The SMILES string of the molecule is O=S(=O)(NCC(Sc1ncn[nH]1)c1ccccc1)c1ccccc1. The third-order valence-electron chi connectivity index (χ3n) is 3.33. The maximum absolute atomic E-state index is 12.4. The fourth-order valence-corrected chi connectivity index (χ4v) is 4.27. The zero-order chi connectivity index (χ0) is 16.8. The van der Waals surface area contributed by atoms with Crippen molar-refractivity contribution in [1.82, 2.24) is 19.9 Å². The Bertz CT molecular complexity index is 854. The van der Waals surface area contributed by atoms with Crippen LogP contribution in [0.4, 0.5) is 0 Å². The normalized spacial score (nSPS) is 12.8. The number of nitrogens with zero attached hydrogens (tertiary/aromatic N) is 2. The van der Waals surface area contributed by atoms with Crippen molar-refractivity contribution in [3.05, 3.63) is 72.6 Å². The topological polar surface area (TPSA) is 87.7 Å². The van der Waals surface area contributed by atoms with Gasteiger partial charge in [0.1, 0.15) is 6.33 Å². The standard InChI is InChI=1S/C16H16N4O2S2/c21-24(22,14-9-5-2-6-10-14)19-11-15(13-7-3-1-4-8-13)23-16-17-12-18-20-16/h1-10,12,15,19H,11H2,(H,17,18,20). The number of benzene rings is 2. The molecule has 0 aliphatic rings. The van der Waals surface area contributed by atoms with E-state index in [4.69, 9.17) is 0 Å². The van der Waals surface area contributed by atoms with Gasteiger partial charge >= 0.3 is 0 Å². The molecule has 1 aromatic heterocycles. The first-order valence-electron chi connectivity index (χ1n) is 7.27. The molecule has 3 rings (SSSR count). The largest absolute Gasteiger partial charge is 0.254 e. The van der Waals surface area contributed by atoms with E-state index in [1.165, 1.54) is 18.1 Å². The zero-order valence-corrected chi connectivity index (χ0v) is 14.3. The van der Waals surface area contributed by atoms with Crippen LogP contribution in [0.2, 0.25) is 0 Å². The van der Waals surface area contributed by atoms with E-state index >= 15 is 0 Å². The quantitative estimate of drug-likeness (QED) is 0.633. The van der Waals surface area contributed by atoms with E-state index in [0.717, 1.165) is 5.56 Å². The molecular weight excluding hydrogens is 344 g/mol. The van der Waals surface area contributed by atoms with Gasteiger partial charge in [0.25, 0.3) is 0 Å². The first-order valence-corrected chi connectivity index (χ1v) is 9.63. The van der Waals surface area contributed by atoms with Crippen molar-refractivity contribution in [2.24, 2.45) is 0 Å². The molecule has 3 aromatic rings. The van der Waals surface area contributed by atoms with Gasteiger partial charge in [-0.2, -0.15) is 5.10 Å². The van der Waals surface area contributed by atoms with E-state index in [1.54, 1.807) is 30.3 Å². The zero-order valence-electron chi connectivity index (χ0n) is 12.7. The van der Waals surface area contributed by atoms with Gasteiger partial charge in [-0.15, -0.1) is 0 Å². The lowest BCUT2D eigenvalue weighted by atomic mass is 10.1. The highest BCUT2D eigenvalue weighted by molar-refractivity contribution is 7.99. The van der Waals surface area contributed by atoms with Crippen LogP contribution in [0.5, 0.6) is 0 Å². The molecule has 0 aliphatic carbocycles. The summed E-state index contributed by atoms with van der Waals surface area (Å²) in [5, 5.41) is 7.13. The summed E-state index contributed by atoms with van der Waals surface area (Å²) in [6, 6.07) is 18.0. The van der Waals surface area contributed by atoms with Crippen molar-refractivity contribution in [1.29, 1.82) is 0 Å². The number of H-pyrrole nitrogens is 1. The van der Waals surface area contributed by atoms with Crippen molar-refractivity contribution in [3.8, 4) is 0 Å². The van der Waals surface area contributed by atoms with Gasteiger partial charge in [0.2, 0.25) is 10.0 Å². The number of sulfonamides is 1. The first-order chi connectivity index (χ1) is 11.6. The molecule has 24 heavy (non-hydrogen) atoms. The van der Waals surface area contributed by atoms with Gasteiger partial charge in [-0.3, -0.25) is 5.10 Å². The van der Waals surface area contributed by atoms with Crippen molar-refractivity contribution < 1.29 is 8.42 Å². The Kier molecular flexibility index (Phi) is 5.29. The molecule has 1 heterocycles. The highest BCUT2D eigenvalue weighted by Gasteiger charge is 2.19. The lowest BCUT2D eigenvalue weighted by molar-refractivity contribution is 0.581. The second-order valence-electron chi connectivity index (χ2n) is 4.97. The van der Waals surface area contributed by atoms with Gasteiger partial charge in [-0.05, 0) is 17.7 Å². The minimum Gasteiger partial charge on any atom is -0.254 e. The molecule has 2 aromatic carbocycles. The van der Waals surface area contributed by atoms with Gasteiger partial charge < -0.3 is 0 Å². The lowest BCUT2D eigenvalue weighted by Crippen LogP contribution is -2.27. The molecule has 1 unspecified atom stereocenters. The van der Waals surface area contributed by atoms with Crippen LogP contribution in [-0.4, -0.2) is 30.1 Å². The molecule has 0 saturated carbocycles. The Labute approximate surface area is 144 Å². The average molecular weight is 360 g/mol. The third kappa shape index (κ3) is 4.22. The van der Waals surface area contributed by atoms with Crippen molar-refractivity contribution >= 4 is 21.8 Å². The van der Waals surface area contributed by atoms with Gasteiger partial charge in [0.05, 0.1) is 10.1 Å². The molecule has 0 spiro atoms. The number of rotatable bonds is 7. The summed E-state index contributed by atoms with van der Waals surface area (Å²) in [7, 11) is -3.55. The molecular formula is C16H16N4O2S2. The molecule has 0 saturated heterocycles. The summed E-state index contributed by atoms with van der Waals surface area (Å²) < 4.78 is 27.5. The Morgan fingerprint density at radius 2 is 1.71 bits per heavy atom. The molecule has 124 valence electrons. The average Bonchev–Trinajstić information content (AvgIpc) is 3.13. The lowest BCUT2D eigenvalue weighted by Gasteiger charge is -2.16. The van der Waals surface area contributed by atoms with Crippen molar-refractivity contribution in [2.75, 3.05) is 6.54 Å². The summed E-state index contributed by atoms with van der Waals surface area (Å²) in [6.45, 7) is 0.243. The molecule has 0 radical (unpaired) electrons. The molecule has 2 N–H and O–H groups in total. The second kappa shape index (κ2) is 7.61. The van der Waals surface area contributed by atoms with Crippen LogP contribution in [0.3, 0.4) is 0 Å². The van der Waals surface area contributed by atoms with E-state index in [1.807, 2.05) is 30.3 Å². The molecule has 8 heteroatoms. The molecule has 0 aliphatic heterocycles. The van der Waals surface area contributed by atoms with E-state index in [-0.39, 0.29) is 16.7 Å². The molecule has 1 atom stereocenters. The number of hydrogen-bond donors (Lipinski definition) is 2. The molecule has 6 nitrogen and oxygen atoms in total. The third-order valence-corrected chi connectivity index (χ3v) is 5.91. The summed E-state index contributed by atoms with van der Waals surface area (Å²) in [6.07, 6.45) is 1.43. The van der Waals surface area contributed by atoms with Gasteiger partial charge in [-0.25, -0.2) is 18.1 Å². The van der Waals surface area contributed by atoms with Crippen LogP contribution in [-0.2, 0) is 10.0 Å².